The number of aromatic amines is 1. The molecule has 0 aliphatic rings. The summed E-state index contributed by atoms with van der Waals surface area (Å²) in [6.45, 7) is -0.527. The summed E-state index contributed by atoms with van der Waals surface area (Å²) in [6.07, 6.45) is 1.91. The van der Waals surface area contributed by atoms with E-state index in [2.05, 4.69) is 10.3 Å². The van der Waals surface area contributed by atoms with Gasteiger partial charge >= 0.3 is 5.97 Å². The van der Waals surface area contributed by atoms with Crippen molar-refractivity contribution in [3.63, 3.8) is 0 Å². The number of methoxy groups -OCH3 is 1. The van der Waals surface area contributed by atoms with Crippen LogP contribution in [0, 0.1) is 5.82 Å². The number of fused-ring (bicyclic) bond motifs is 1. The summed E-state index contributed by atoms with van der Waals surface area (Å²) in [5, 5.41) is 3.45. The van der Waals surface area contributed by atoms with Crippen LogP contribution in [0.4, 0.5) is 4.39 Å². The van der Waals surface area contributed by atoms with Crippen LogP contribution in [0.3, 0.4) is 0 Å². The first kappa shape index (κ1) is 22.4. The number of H-pyrrole nitrogens is 1. The minimum Gasteiger partial charge on any atom is -0.467 e. The first-order chi connectivity index (χ1) is 14.7. The lowest BCUT2D eigenvalue weighted by Crippen LogP contribution is -2.47. The molecule has 2 N–H and O–H groups in total. The Bertz CT molecular complexity index is 1190. The molecule has 1 heterocycles. The quantitative estimate of drug-likeness (QED) is 0.512. The van der Waals surface area contributed by atoms with E-state index in [4.69, 9.17) is 4.74 Å². The zero-order valence-corrected chi connectivity index (χ0v) is 17.8. The number of rotatable bonds is 8. The van der Waals surface area contributed by atoms with E-state index in [0.717, 1.165) is 45.0 Å². The summed E-state index contributed by atoms with van der Waals surface area (Å²) in [7, 11) is -1.57. The lowest BCUT2D eigenvalue weighted by atomic mass is 10.0. The molecule has 2 aromatic carbocycles. The van der Waals surface area contributed by atoms with E-state index in [-0.39, 0.29) is 11.3 Å². The van der Waals surface area contributed by atoms with Gasteiger partial charge in [-0.25, -0.2) is 17.6 Å². The highest BCUT2D eigenvalue weighted by atomic mass is 32.2. The number of esters is 1. The Morgan fingerprint density at radius 2 is 1.84 bits per heavy atom. The zero-order chi connectivity index (χ0) is 22.6. The highest BCUT2D eigenvalue weighted by molar-refractivity contribution is 7.89. The number of sulfonamides is 1. The average molecular weight is 447 g/mol. The topological polar surface area (TPSA) is 109 Å². The molecule has 0 aliphatic carbocycles. The number of ether oxygens (including phenoxy) is 1. The molecule has 3 rings (SSSR count). The molecular weight excluding hydrogens is 425 g/mol. The molecule has 0 aliphatic heterocycles. The third-order valence-corrected chi connectivity index (χ3v) is 6.63. The second-order valence-corrected chi connectivity index (χ2v) is 8.97. The average Bonchev–Trinajstić information content (AvgIpc) is 3.15. The molecule has 0 spiro atoms. The van der Waals surface area contributed by atoms with Crippen LogP contribution in [0.2, 0.25) is 0 Å². The van der Waals surface area contributed by atoms with E-state index in [1.165, 1.54) is 14.2 Å². The van der Waals surface area contributed by atoms with E-state index in [1.807, 2.05) is 24.3 Å². The van der Waals surface area contributed by atoms with Crippen LogP contribution < -0.4 is 5.32 Å². The van der Waals surface area contributed by atoms with Gasteiger partial charge in [0, 0.05) is 30.6 Å². The minimum atomic E-state index is -4.01. The third-order valence-electron chi connectivity index (χ3n) is 4.81. The molecular formula is C21H22FN3O5S. The summed E-state index contributed by atoms with van der Waals surface area (Å²) < 4.78 is 43.9. The summed E-state index contributed by atoms with van der Waals surface area (Å²) >= 11 is 0. The van der Waals surface area contributed by atoms with Crippen LogP contribution in [0.25, 0.3) is 10.9 Å². The fraction of sp³-hybridized carbons (Fsp3) is 0.238. The highest BCUT2D eigenvalue weighted by Gasteiger charge is 2.27. The number of hydrogen-bond acceptors (Lipinski definition) is 5. The molecule has 0 radical (unpaired) electrons. The van der Waals surface area contributed by atoms with E-state index in [9.17, 15) is 22.4 Å². The Morgan fingerprint density at radius 1 is 1.16 bits per heavy atom. The van der Waals surface area contributed by atoms with E-state index < -0.39 is 40.3 Å². The highest BCUT2D eigenvalue weighted by Crippen LogP contribution is 2.19. The van der Waals surface area contributed by atoms with Crippen molar-refractivity contribution < 1.29 is 27.1 Å². The van der Waals surface area contributed by atoms with Gasteiger partial charge in [0.1, 0.15) is 11.9 Å². The molecule has 1 amide bonds. The maximum absolute atomic E-state index is 13.1. The molecule has 1 atom stereocenters. The monoisotopic (exact) mass is 447 g/mol. The number of likely N-dealkylation sites (N-methyl/N-ethyl adjacent to an activating group) is 1. The van der Waals surface area contributed by atoms with Crippen LogP contribution in [0.5, 0.6) is 0 Å². The molecule has 1 unspecified atom stereocenters. The van der Waals surface area contributed by atoms with Crippen molar-refractivity contribution in [2.24, 2.45) is 0 Å². The summed E-state index contributed by atoms with van der Waals surface area (Å²) in [5.41, 5.74) is 1.69. The van der Waals surface area contributed by atoms with Crippen molar-refractivity contribution >= 4 is 32.8 Å². The van der Waals surface area contributed by atoms with E-state index >= 15 is 0 Å². The molecule has 164 valence electrons. The predicted molar refractivity (Wildman–Crippen MR) is 112 cm³/mol. The SMILES string of the molecule is COC(=O)C(Cc1c[nH]c2ccccc12)NC(=O)CN(C)S(=O)(=O)c1ccc(F)cc1. The molecule has 3 aromatic rings. The molecule has 31 heavy (non-hydrogen) atoms. The second kappa shape index (κ2) is 9.27. The largest absolute Gasteiger partial charge is 0.467 e. The molecule has 0 saturated carbocycles. The Hall–Kier alpha value is -3.24. The number of amides is 1. The van der Waals surface area contributed by atoms with Gasteiger partial charge in [-0.05, 0) is 35.9 Å². The summed E-state index contributed by atoms with van der Waals surface area (Å²) in [6, 6.07) is 10.8. The molecule has 0 bridgehead atoms. The number of para-hydroxylation sites is 1. The standard InChI is InChI=1S/C21H22FN3O5S/c1-25(31(28,29)16-9-7-15(22)8-10-16)13-20(26)24-19(21(27)30-2)11-14-12-23-18-6-4-3-5-17(14)18/h3-10,12,19,23H,11,13H2,1-2H3,(H,24,26). The fourth-order valence-corrected chi connectivity index (χ4v) is 4.30. The van der Waals surface area contributed by atoms with Crippen LogP contribution in [-0.2, 0) is 30.8 Å². The number of carbonyl (C=O) groups excluding carboxylic acids is 2. The predicted octanol–water partition coefficient (Wildman–Crippen LogP) is 1.83. The Morgan fingerprint density at radius 3 is 2.52 bits per heavy atom. The number of carbonyl (C=O) groups is 2. The lowest BCUT2D eigenvalue weighted by molar-refractivity contribution is -0.145. The lowest BCUT2D eigenvalue weighted by Gasteiger charge is -2.20. The van der Waals surface area contributed by atoms with Gasteiger partial charge in [-0.15, -0.1) is 0 Å². The summed E-state index contributed by atoms with van der Waals surface area (Å²) in [4.78, 5) is 27.7. The van der Waals surface area contributed by atoms with Crippen molar-refractivity contribution in [1.29, 1.82) is 0 Å². The fourth-order valence-electron chi connectivity index (χ4n) is 3.17. The van der Waals surface area contributed by atoms with Crippen molar-refractivity contribution in [2.45, 2.75) is 17.4 Å². The van der Waals surface area contributed by atoms with Crippen LogP contribution in [-0.4, -0.2) is 56.3 Å². The molecule has 8 nitrogen and oxygen atoms in total. The normalized spacial score (nSPS) is 12.6. The van der Waals surface area contributed by atoms with Gasteiger partial charge in [0.2, 0.25) is 15.9 Å². The number of benzene rings is 2. The van der Waals surface area contributed by atoms with Crippen molar-refractivity contribution in [3.05, 3.63) is 66.1 Å². The Kier molecular flexibility index (Phi) is 6.71. The van der Waals surface area contributed by atoms with Gasteiger partial charge in [0.25, 0.3) is 0 Å². The second-order valence-electron chi connectivity index (χ2n) is 6.92. The Balaban J connectivity index is 1.72. The van der Waals surface area contributed by atoms with Crippen molar-refractivity contribution in [2.75, 3.05) is 20.7 Å². The van der Waals surface area contributed by atoms with Crippen molar-refractivity contribution in [1.82, 2.24) is 14.6 Å². The van der Waals surface area contributed by atoms with Crippen LogP contribution >= 0.6 is 0 Å². The van der Waals surface area contributed by atoms with E-state index in [1.54, 1.807) is 6.20 Å². The molecule has 10 heteroatoms. The minimum absolute atomic E-state index is 0.146. The van der Waals surface area contributed by atoms with Crippen molar-refractivity contribution in [3.8, 4) is 0 Å². The van der Waals surface area contributed by atoms with Crippen LogP contribution in [0.1, 0.15) is 5.56 Å². The van der Waals surface area contributed by atoms with Gasteiger partial charge < -0.3 is 15.0 Å². The number of nitrogens with one attached hydrogen (secondary N) is 2. The van der Waals surface area contributed by atoms with E-state index in [0.29, 0.717) is 0 Å². The van der Waals surface area contributed by atoms with Crippen LogP contribution in [0.15, 0.2) is 59.6 Å². The maximum Gasteiger partial charge on any atom is 0.328 e. The molecule has 1 aromatic heterocycles. The number of halogens is 1. The first-order valence-electron chi connectivity index (χ1n) is 9.36. The smallest absolute Gasteiger partial charge is 0.328 e. The van der Waals surface area contributed by atoms with Gasteiger partial charge in [-0.2, -0.15) is 4.31 Å². The number of nitrogens with zero attached hydrogens (tertiary/aromatic N) is 1. The molecule has 0 fully saturated rings. The van der Waals surface area contributed by atoms with Gasteiger partial charge in [-0.3, -0.25) is 4.79 Å². The third kappa shape index (κ3) is 5.09. The molecule has 0 saturated heterocycles. The Labute approximate surface area is 179 Å². The van der Waals surface area contributed by atoms with Gasteiger partial charge in [0.15, 0.2) is 0 Å². The number of aromatic nitrogens is 1. The van der Waals surface area contributed by atoms with Gasteiger partial charge in [-0.1, -0.05) is 18.2 Å². The maximum atomic E-state index is 13.1. The number of hydrogen-bond donors (Lipinski definition) is 2. The summed E-state index contributed by atoms with van der Waals surface area (Å²) in [5.74, 6) is -1.90. The first-order valence-corrected chi connectivity index (χ1v) is 10.8. The zero-order valence-electron chi connectivity index (χ0n) is 17.0. The van der Waals surface area contributed by atoms with Gasteiger partial charge in [0.05, 0.1) is 18.6 Å².